The van der Waals surface area contributed by atoms with E-state index in [0.717, 1.165) is 19.3 Å². The fraction of sp³-hybridized carbons (Fsp3) is 0.382. The highest BCUT2D eigenvalue weighted by Crippen LogP contribution is 2.42. The number of ether oxygens (including phenoxy) is 1. The molecule has 2 bridgehead atoms. The molecule has 0 spiro atoms. The summed E-state index contributed by atoms with van der Waals surface area (Å²) >= 11 is 6.38. The maximum atomic E-state index is 16.7. The van der Waals surface area contributed by atoms with Gasteiger partial charge in [-0.15, -0.1) is 0 Å². The smallest absolute Gasteiger partial charge is 0.319 e. The average molecular weight is 662 g/mol. The van der Waals surface area contributed by atoms with E-state index in [9.17, 15) is 13.6 Å². The highest BCUT2D eigenvalue weighted by Gasteiger charge is 2.44. The number of piperazine rings is 1. The van der Waals surface area contributed by atoms with Crippen LogP contribution >= 0.6 is 11.6 Å². The standard InChI is InChI=1S/C34H31ClF3N7O2/c1-18(36)33(46)45-12-11-44(16-22(45)14-39-2)32-24-15-40-30(23-6-4-5-19-8-10-25(37)28(35)27(19)23)29(38)31(24)41-34(42-32)47-17-26-20-7-9-21(13-20)43(26)3/h4-6,8,10,15,20-22,26H,1,7,9,11-14,16-17H2,3H3/t20?,21-,22-,26-/m0/s1. The number of halogens is 4. The third-order valence-corrected chi connectivity index (χ3v) is 10.3. The van der Waals surface area contributed by atoms with E-state index in [1.54, 1.807) is 24.3 Å². The third kappa shape index (κ3) is 5.41. The van der Waals surface area contributed by atoms with Gasteiger partial charge >= 0.3 is 6.01 Å². The molecule has 47 heavy (non-hydrogen) atoms. The van der Waals surface area contributed by atoms with Crippen molar-refractivity contribution in [2.75, 3.05) is 44.7 Å². The number of rotatable bonds is 7. The van der Waals surface area contributed by atoms with E-state index in [0.29, 0.717) is 40.7 Å². The number of amides is 1. The summed E-state index contributed by atoms with van der Waals surface area (Å²) in [6.45, 7) is 11.2. The molecule has 4 aromatic rings. The van der Waals surface area contributed by atoms with Crippen LogP contribution in [0.2, 0.25) is 5.02 Å². The Morgan fingerprint density at radius 1 is 1.19 bits per heavy atom. The number of hydrogen-bond acceptors (Lipinski definition) is 7. The number of pyridine rings is 1. The van der Waals surface area contributed by atoms with E-state index in [1.807, 2.05) is 4.90 Å². The average Bonchev–Trinajstić information content (AvgIpc) is 3.67. The van der Waals surface area contributed by atoms with Crippen LogP contribution in [-0.2, 0) is 4.79 Å². The quantitative estimate of drug-likeness (QED) is 0.176. The second-order valence-electron chi connectivity index (χ2n) is 12.4. The predicted octanol–water partition coefficient (Wildman–Crippen LogP) is 6.06. The lowest BCUT2D eigenvalue weighted by Gasteiger charge is -2.39. The molecular formula is C34H31ClF3N7O2. The molecule has 1 amide bonds. The Morgan fingerprint density at radius 2 is 2.02 bits per heavy atom. The number of carbonyl (C=O) groups excluding carboxylic acids is 1. The maximum absolute atomic E-state index is 16.7. The number of nitrogens with zero attached hydrogens (tertiary/aromatic N) is 7. The van der Waals surface area contributed by atoms with E-state index >= 15 is 4.39 Å². The molecular weight excluding hydrogens is 631 g/mol. The number of anilines is 1. The van der Waals surface area contributed by atoms with Gasteiger partial charge in [0.15, 0.2) is 11.6 Å². The molecule has 2 saturated heterocycles. The Hall–Kier alpha value is -4.47. The molecule has 13 heteroatoms. The molecule has 7 rings (SSSR count). The van der Waals surface area contributed by atoms with Gasteiger partial charge in [-0.1, -0.05) is 42.4 Å². The van der Waals surface area contributed by atoms with E-state index in [4.69, 9.17) is 27.9 Å². The molecule has 4 heterocycles. The first kappa shape index (κ1) is 31.1. The van der Waals surface area contributed by atoms with Crippen LogP contribution in [0.25, 0.3) is 37.8 Å². The summed E-state index contributed by atoms with van der Waals surface area (Å²) in [5.74, 6) is -2.56. The molecule has 4 atom stereocenters. The van der Waals surface area contributed by atoms with Crippen molar-refractivity contribution in [1.82, 2.24) is 24.8 Å². The van der Waals surface area contributed by atoms with E-state index in [-0.39, 0.29) is 59.9 Å². The van der Waals surface area contributed by atoms with E-state index < -0.39 is 29.4 Å². The van der Waals surface area contributed by atoms with Crippen molar-refractivity contribution in [2.24, 2.45) is 5.92 Å². The molecule has 2 aliphatic heterocycles. The fourth-order valence-corrected chi connectivity index (χ4v) is 7.76. The first-order valence-corrected chi connectivity index (χ1v) is 15.9. The molecule has 1 saturated carbocycles. The van der Waals surface area contributed by atoms with Gasteiger partial charge in [0.25, 0.3) is 5.91 Å². The summed E-state index contributed by atoms with van der Waals surface area (Å²) < 4.78 is 51.3. The van der Waals surface area contributed by atoms with Crippen molar-refractivity contribution in [2.45, 2.75) is 37.4 Å². The lowest BCUT2D eigenvalue weighted by molar-refractivity contribution is -0.131. The zero-order valence-electron chi connectivity index (χ0n) is 25.6. The molecule has 1 aliphatic carbocycles. The number of hydrogen-bond donors (Lipinski definition) is 0. The largest absolute Gasteiger partial charge is 0.462 e. The van der Waals surface area contributed by atoms with Crippen molar-refractivity contribution in [3.05, 3.63) is 77.0 Å². The SMILES string of the molecule is [C-]#[N+]C[C@H]1CN(c2nc(OC[C@H]3C4CC[C@@H](C4)N3C)nc3c(F)c(-c4cccc5ccc(F)c(Cl)c45)ncc23)CCN1C(=O)C(=C)F. The van der Waals surface area contributed by atoms with Crippen LogP contribution in [0.5, 0.6) is 6.01 Å². The van der Waals surface area contributed by atoms with Gasteiger partial charge in [0.1, 0.15) is 35.5 Å². The number of likely N-dealkylation sites (N-methyl/N-ethyl adjacent to an activating group) is 1. The summed E-state index contributed by atoms with van der Waals surface area (Å²) in [5.41, 5.74) is 0.174. The Bertz CT molecular complexity index is 1970. The van der Waals surface area contributed by atoms with Gasteiger partial charge in [-0.3, -0.25) is 14.7 Å². The monoisotopic (exact) mass is 661 g/mol. The Labute approximate surface area is 274 Å². The number of fused-ring (bicyclic) bond motifs is 4. The second kappa shape index (κ2) is 12.3. The van der Waals surface area contributed by atoms with Crippen molar-refractivity contribution >= 4 is 45.0 Å². The van der Waals surface area contributed by atoms with Crippen LogP contribution in [0.4, 0.5) is 19.0 Å². The zero-order chi connectivity index (χ0) is 33.0. The summed E-state index contributed by atoms with van der Waals surface area (Å²) in [6.07, 6.45) is 4.85. The van der Waals surface area contributed by atoms with Crippen molar-refractivity contribution in [3.8, 4) is 17.3 Å². The Kier molecular flexibility index (Phi) is 8.14. The summed E-state index contributed by atoms with van der Waals surface area (Å²) in [5, 5.41) is 1.08. The molecule has 3 fully saturated rings. The van der Waals surface area contributed by atoms with Gasteiger partial charge in [-0.05, 0) is 43.7 Å². The van der Waals surface area contributed by atoms with E-state index in [2.05, 4.69) is 33.3 Å². The molecule has 242 valence electrons. The normalized spacial score (nSPS) is 22.6. The lowest BCUT2D eigenvalue weighted by Crippen LogP contribution is -2.56. The molecule has 9 nitrogen and oxygen atoms in total. The van der Waals surface area contributed by atoms with Gasteiger partial charge in [0.05, 0.1) is 10.4 Å². The third-order valence-electron chi connectivity index (χ3n) is 9.88. The Morgan fingerprint density at radius 3 is 2.77 bits per heavy atom. The van der Waals surface area contributed by atoms with Crippen molar-refractivity contribution in [1.29, 1.82) is 0 Å². The lowest BCUT2D eigenvalue weighted by atomic mass is 10.00. The topological polar surface area (TPSA) is 79.1 Å². The summed E-state index contributed by atoms with van der Waals surface area (Å²) in [7, 11) is 2.09. The first-order chi connectivity index (χ1) is 22.7. The number of piperidine rings is 1. The highest BCUT2D eigenvalue weighted by atomic mass is 35.5. The molecule has 1 unspecified atom stereocenters. The highest BCUT2D eigenvalue weighted by molar-refractivity contribution is 6.36. The molecule has 3 aliphatic rings. The number of carbonyl (C=O) groups is 1. The van der Waals surface area contributed by atoms with Gasteiger partial charge in [-0.25, -0.2) is 19.7 Å². The first-order valence-electron chi connectivity index (χ1n) is 15.5. The summed E-state index contributed by atoms with van der Waals surface area (Å²) in [4.78, 5) is 35.1. The predicted molar refractivity (Wildman–Crippen MR) is 173 cm³/mol. The van der Waals surface area contributed by atoms with Crippen LogP contribution < -0.4 is 9.64 Å². The van der Waals surface area contributed by atoms with Crippen LogP contribution in [-0.4, -0.2) is 88.6 Å². The second-order valence-corrected chi connectivity index (χ2v) is 12.8. The minimum atomic E-state index is -1.10. The van der Waals surface area contributed by atoms with Gasteiger partial charge in [-0.2, -0.15) is 9.97 Å². The molecule has 0 radical (unpaired) electrons. The number of aromatic nitrogens is 3. The minimum Gasteiger partial charge on any atom is -0.462 e. The van der Waals surface area contributed by atoms with Gasteiger partial charge < -0.3 is 19.4 Å². The summed E-state index contributed by atoms with van der Waals surface area (Å²) in [6, 6.07) is 7.92. The molecule has 2 aromatic heterocycles. The van der Waals surface area contributed by atoms with Gasteiger partial charge in [0, 0.05) is 48.9 Å². The Balaban J connectivity index is 1.32. The number of benzene rings is 2. The maximum Gasteiger partial charge on any atom is 0.319 e. The van der Waals surface area contributed by atoms with E-state index in [1.165, 1.54) is 17.2 Å². The van der Waals surface area contributed by atoms with Crippen LogP contribution in [0.1, 0.15) is 19.3 Å². The molecule has 2 aromatic carbocycles. The fourth-order valence-electron chi connectivity index (χ4n) is 7.48. The van der Waals surface area contributed by atoms with Crippen molar-refractivity contribution in [3.63, 3.8) is 0 Å². The zero-order valence-corrected chi connectivity index (χ0v) is 26.4. The number of likely N-dealkylation sites (tertiary alicyclic amines) is 1. The molecule has 0 N–H and O–H groups in total. The van der Waals surface area contributed by atoms with Gasteiger partial charge in [0.2, 0.25) is 6.54 Å². The minimum absolute atomic E-state index is 0.0286. The van der Waals surface area contributed by atoms with Crippen molar-refractivity contribution < 1.29 is 22.7 Å². The van der Waals surface area contributed by atoms with Crippen LogP contribution in [0.15, 0.2) is 48.9 Å². The van der Waals surface area contributed by atoms with Crippen LogP contribution in [0.3, 0.4) is 0 Å². The van der Waals surface area contributed by atoms with Crippen LogP contribution in [0, 0.1) is 24.1 Å².